The van der Waals surface area contributed by atoms with E-state index in [2.05, 4.69) is 10.5 Å². The first-order valence-electron chi connectivity index (χ1n) is 8.06. The van der Waals surface area contributed by atoms with Crippen LogP contribution in [0.2, 0.25) is 0 Å². The molecule has 4 rings (SSSR count). The van der Waals surface area contributed by atoms with Crippen LogP contribution in [0.25, 0.3) is 11.5 Å². The molecule has 0 saturated heterocycles. The van der Waals surface area contributed by atoms with E-state index in [9.17, 15) is 4.79 Å². The molecule has 1 aliphatic carbocycles. The van der Waals surface area contributed by atoms with Gasteiger partial charge in [-0.2, -0.15) is 0 Å². The third-order valence-corrected chi connectivity index (χ3v) is 4.60. The minimum absolute atomic E-state index is 0.00171. The zero-order valence-electron chi connectivity index (χ0n) is 13.4. The second-order valence-electron chi connectivity index (χ2n) is 6.24. The van der Waals surface area contributed by atoms with E-state index in [-0.39, 0.29) is 11.9 Å². The van der Waals surface area contributed by atoms with E-state index in [0.29, 0.717) is 17.2 Å². The zero-order valence-corrected chi connectivity index (χ0v) is 13.4. The quantitative estimate of drug-likeness (QED) is 0.775. The summed E-state index contributed by atoms with van der Waals surface area (Å²) in [6.07, 6.45) is 3.15. The number of carbonyl (C=O) groups is 1. The van der Waals surface area contributed by atoms with E-state index in [4.69, 9.17) is 8.94 Å². The van der Waals surface area contributed by atoms with Gasteiger partial charge in [0.25, 0.3) is 0 Å². The van der Waals surface area contributed by atoms with Crippen molar-refractivity contribution in [1.29, 1.82) is 0 Å². The molecule has 24 heavy (non-hydrogen) atoms. The summed E-state index contributed by atoms with van der Waals surface area (Å²) in [5.41, 5.74) is 1.18. The van der Waals surface area contributed by atoms with Gasteiger partial charge >= 0.3 is 0 Å². The molecule has 1 atom stereocenters. The first-order chi connectivity index (χ1) is 11.7. The molecular formula is C19H18N2O3. The number of aromatic nitrogens is 1. The van der Waals surface area contributed by atoms with Gasteiger partial charge < -0.3 is 14.3 Å². The third-order valence-electron chi connectivity index (χ3n) is 4.60. The largest absolute Gasteiger partial charge is 0.461 e. The van der Waals surface area contributed by atoms with Gasteiger partial charge in [-0.05, 0) is 37.5 Å². The zero-order chi connectivity index (χ0) is 16.6. The number of carbonyl (C=O) groups excluding carboxylic acids is 1. The first kappa shape index (κ1) is 14.8. The maximum Gasteiger partial charge on any atom is 0.232 e. The van der Waals surface area contributed by atoms with E-state index in [1.54, 1.807) is 24.5 Å². The Morgan fingerprint density at radius 2 is 1.96 bits per heavy atom. The molecule has 1 aliphatic rings. The Kier molecular flexibility index (Phi) is 3.49. The van der Waals surface area contributed by atoms with Gasteiger partial charge in [-0.1, -0.05) is 35.5 Å². The van der Waals surface area contributed by atoms with Crippen LogP contribution < -0.4 is 5.32 Å². The summed E-state index contributed by atoms with van der Waals surface area (Å²) in [5.74, 6) is 1.16. The van der Waals surface area contributed by atoms with Crippen molar-refractivity contribution in [2.75, 3.05) is 0 Å². The molecule has 0 aliphatic heterocycles. The molecule has 122 valence electrons. The smallest absolute Gasteiger partial charge is 0.232 e. The van der Waals surface area contributed by atoms with Crippen LogP contribution in [-0.4, -0.2) is 11.1 Å². The molecule has 1 fully saturated rings. The molecule has 2 aromatic heterocycles. The summed E-state index contributed by atoms with van der Waals surface area (Å²) >= 11 is 0. The average molecular weight is 322 g/mol. The van der Waals surface area contributed by atoms with Crippen molar-refractivity contribution in [3.8, 4) is 11.5 Å². The van der Waals surface area contributed by atoms with Crippen LogP contribution in [0.3, 0.4) is 0 Å². The standard InChI is InChI=1S/C19H18N2O3/c1-13(14-6-3-2-4-7-14)20-18(22)19(9-10-19)17-12-16(24-21-17)15-8-5-11-23-15/h2-8,11-13H,9-10H2,1H3,(H,20,22). The number of benzene rings is 1. The maximum atomic E-state index is 12.8. The minimum atomic E-state index is -0.572. The SMILES string of the molecule is CC(NC(=O)C1(c2cc(-c3ccco3)on2)CC1)c1ccccc1. The normalized spacial score (nSPS) is 16.5. The summed E-state index contributed by atoms with van der Waals surface area (Å²) < 4.78 is 10.7. The summed E-state index contributed by atoms with van der Waals surface area (Å²) in [4.78, 5) is 12.8. The van der Waals surface area contributed by atoms with Crippen molar-refractivity contribution in [3.05, 3.63) is 66.1 Å². The number of furan rings is 1. The van der Waals surface area contributed by atoms with Crippen LogP contribution >= 0.6 is 0 Å². The molecule has 0 bridgehead atoms. The molecule has 2 heterocycles. The third kappa shape index (κ3) is 2.52. The predicted octanol–water partition coefficient (Wildman–Crippen LogP) is 3.84. The lowest BCUT2D eigenvalue weighted by atomic mass is 9.99. The van der Waals surface area contributed by atoms with Crippen LogP contribution in [0.4, 0.5) is 0 Å². The molecular weight excluding hydrogens is 304 g/mol. The highest BCUT2D eigenvalue weighted by Gasteiger charge is 2.54. The minimum Gasteiger partial charge on any atom is -0.461 e. The highest BCUT2D eigenvalue weighted by atomic mass is 16.5. The Hall–Kier alpha value is -2.82. The molecule has 0 radical (unpaired) electrons. The fourth-order valence-electron chi connectivity index (χ4n) is 2.92. The van der Waals surface area contributed by atoms with Crippen molar-refractivity contribution < 1.29 is 13.7 Å². The van der Waals surface area contributed by atoms with E-state index >= 15 is 0 Å². The summed E-state index contributed by atoms with van der Waals surface area (Å²) in [5, 5.41) is 7.21. The lowest BCUT2D eigenvalue weighted by Gasteiger charge is -2.18. The summed E-state index contributed by atoms with van der Waals surface area (Å²) in [7, 11) is 0. The van der Waals surface area contributed by atoms with Crippen LogP contribution in [0.1, 0.15) is 37.1 Å². The number of nitrogens with zero attached hydrogens (tertiary/aromatic N) is 1. The van der Waals surface area contributed by atoms with Crippen molar-refractivity contribution in [1.82, 2.24) is 10.5 Å². The van der Waals surface area contributed by atoms with E-state index in [1.165, 1.54) is 0 Å². The molecule has 1 unspecified atom stereocenters. The van der Waals surface area contributed by atoms with E-state index in [1.807, 2.05) is 37.3 Å². The summed E-state index contributed by atoms with van der Waals surface area (Å²) in [6, 6.07) is 15.3. The molecule has 5 nitrogen and oxygen atoms in total. The molecule has 5 heteroatoms. The van der Waals surface area contributed by atoms with Gasteiger partial charge in [0, 0.05) is 6.07 Å². The topological polar surface area (TPSA) is 68.3 Å². The molecule has 0 spiro atoms. The number of hydrogen-bond acceptors (Lipinski definition) is 4. The van der Waals surface area contributed by atoms with Gasteiger partial charge in [0.2, 0.25) is 11.7 Å². The fraction of sp³-hybridized carbons (Fsp3) is 0.263. The predicted molar refractivity (Wildman–Crippen MR) is 88.1 cm³/mol. The van der Waals surface area contributed by atoms with Gasteiger partial charge in [0.15, 0.2) is 5.76 Å². The highest BCUT2D eigenvalue weighted by Crippen LogP contribution is 2.49. The Labute approximate surface area is 139 Å². The second kappa shape index (κ2) is 5.67. The Bertz CT molecular complexity index is 833. The van der Waals surface area contributed by atoms with Crippen LogP contribution in [0, 0.1) is 0 Å². The number of rotatable bonds is 5. The molecule has 1 saturated carbocycles. The van der Waals surface area contributed by atoms with E-state index < -0.39 is 5.41 Å². The summed E-state index contributed by atoms with van der Waals surface area (Å²) in [6.45, 7) is 1.99. The fourth-order valence-corrected chi connectivity index (χ4v) is 2.92. The van der Waals surface area contributed by atoms with Crippen molar-refractivity contribution in [3.63, 3.8) is 0 Å². The van der Waals surface area contributed by atoms with Crippen LogP contribution in [0.15, 0.2) is 63.7 Å². The molecule has 1 aromatic carbocycles. The van der Waals surface area contributed by atoms with Gasteiger partial charge in [-0.3, -0.25) is 4.79 Å². The Morgan fingerprint density at radius 1 is 1.17 bits per heavy atom. The second-order valence-corrected chi connectivity index (χ2v) is 6.24. The Morgan fingerprint density at radius 3 is 2.62 bits per heavy atom. The number of amides is 1. The lowest BCUT2D eigenvalue weighted by Crippen LogP contribution is -2.36. The van der Waals surface area contributed by atoms with Gasteiger partial charge in [-0.25, -0.2) is 0 Å². The lowest BCUT2D eigenvalue weighted by molar-refractivity contribution is -0.124. The highest BCUT2D eigenvalue weighted by molar-refractivity contribution is 5.91. The van der Waals surface area contributed by atoms with E-state index in [0.717, 1.165) is 18.4 Å². The van der Waals surface area contributed by atoms with Crippen molar-refractivity contribution >= 4 is 5.91 Å². The van der Waals surface area contributed by atoms with Gasteiger partial charge in [0.05, 0.1) is 23.4 Å². The average Bonchev–Trinajstić information content (AvgIpc) is 3.02. The first-order valence-corrected chi connectivity index (χ1v) is 8.06. The monoisotopic (exact) mass is 322 g/mol. The number of hydrogen-bond donors (Lipinski definition) is 1. The molecule has 1 amide bonds. The number of nitrogens with one attached hydrogen (secondary N) is 1. The van der Waals surface area contributed by atoms with Crippen LogP contribution in [0.5, 0.6) is 0 Å². The van der Waals surface area contributed by atoms with Crippen molar-refractivity contribution in [2.24, 2.45) is 0 Å². The van der Waals surface area contributed by atoms with Gasteiger partial charge in [-0.15, -0.1) is 0 Å². The molecule has 1 N–H and O–H groups in total. The van der Waals surface area contributed by atoms with Crippen LogP contribution in [-0.2, 0) is 10.2 Å². The Balaban J connectivity index is 1.52. The maximum absolute atomic E-state index is 12.8. The molecule has 3 aromatic rings. The van der Waals surface area contributed by atoms with Crippen molar-refractivity contribution in [2.45, 2.75) is 31.2 Å². The van der Waals surface area contributed by atoms with Gasteiger partial charge in [0.1, 0.15) is 0 Å².